The molecular formula is C18H22N4O4. The fraction of sp³-hybridized carbons (Fsp3) is 0.333. The molecule has 0 fully saturated rings. The molecule has 2 aromatic rings. The van der Waals surface area contributed by atoms with Gasteiger partial charge in [-0.25, -0.2) is 14.8 Å². The van der Waals surface area contributed by atoms with Crippen LogP contribution in [0, 0.1) is 0 Å². The number of aromatic nitrogens is 2. The zero-order chi connectivity index (χ0) is 18.8. The summed E-state index contributed by atoms with van der Waals surface area (Å²) in [4.78, 5) is 32.0. The van der Waals surface area contributed by atoms with E-state index in [0.717, 1.165) is 6.42 Å². The topological polar surface area (TPSA) is 102 Å². The van der Waals surface area contributed by atoms with E-state index in [9.17, 15) is 9.59 Å². The van der Waals surface area contributed by atoms with Gasteiger partial charge in [0.05, 0.1) is 12.2 Å². The average molecular weight is 358 g/mol. The maximum Gasteiger partial charge on any atom is 0.338 e. The number of methoxy groups -OCH3 is 1. The van der Waals surface area contributed by atoms with Crippen molar-refractivity contribution in [1.82, 2.24) is 9.97 Å². The highest BCUT2D eigenvalue weighted by molar-refractivity contribution is 6.03. The van der Waals surface area contributed by atoms with E-state index in [4.69, 9.17) is 9.47 Å². The van der Waals surface area contributed by atoms with Crippen LogP contribution in [0.15, 0.2) is 36.7 Å². The fourth-order valence-corrected chi connectivity index (χ4v) is 2.11. The molecule has 0 atom stereocenters. The molecule has 0 unspecified atom stereocenters. The minimum atomic E-state index is -0.398. The number of carbonyl (C=O) groups is 2. The molecule has 0 radical (unpaired) electrons. The molecular weight excluding hydrogens is 336 g/mol. The zero-order valence-electron chi connectivity index (χ0n) is 14.8. The molecule has 1 amide bonds. The SMILES string of the molecule is CCOC(=O)c1ccc(NC(=O)c2cc(NCCCOC)ncn2)cc1. The van der Waals surface area contributed by atoms with Crippen LogP contribution >= 0.6 is 0 Å². The molecule has 2 N–H and O–H groups in total. The summed E-state index contributed by atoms with van der Waals surface area (Å²) >= 11 is 0. The van der Waals surface area contributed by atoms with E-state index >= 15 is 0 Å². The minimum Gasteiger partial charge on any atom is -0.462 e. The van der Waals surface area contributed by atoms with Crippen molar-refractivity contribution in [3.05, 3.63) is 47.9 Å². The highest BCUT2D eigenvalue weighted by Gasteiger charge is 2.10. The van der Waals surface area contributed by atoms with Crippen LogP contribution in [-0.4, -0.2) is 48.7 Å². The van der Waals surface area contributed by atoms with Gasteiger partial charge in [0.2, 0.25) is 0 Å². The number of anilines is 2. The Morgan fingerprint density at radius 2 is 1.92 bits per heavy atom. The van der Waals surface area contributed by atoms with Crippen molar-refractivity contribution in [2.75, 3.05) is 37.5 Å². The van der Waals surface area contributed by atoms with Crippen LogP contribution in [0.5, 0.6) is 0 Å². The Morgan fingerprint density at radius 3 is 2.62 bits per heavy atom. The summed E-state index contributed by atoms with van der Waals surface area (Å²) in [6, 6.07) is 8.03. The normalized spacial score (nSPS) is 10.2. The number of esters is 1. The molecule has 0 aliphatic heterocycles. The van der Waals surface area contributed by atoms with E-state index in [2.05, 4.69) is 20.6 Å². The van der Waals surface area contributed by atoms with Crippen LogP contribution in [0.1, 0.15) is 34.2 Å². The van der Waals surface area contributed by atoms with E-state index in [1.807, 2.05) is 0 Å². The Balaban J connectivity index is 1.95. The van der Waals surface area contributed by atoms with E-state index in [0.29, 0.717) is 36.8 Å². The van der Waals surface area contributed by atoms with Gasteiger partial charge in [-0.3, -0.25) is 4.79 Å². The third-order valence-electron chi connectivity index (χ3n) is 3.38. The van der Waals surface area contributed by atoms with Crippen molar-refractivity contribution in [3.63, 3.8) is 0 Å². The lowest BCUT2D eigenvalue weighted by atomic mass is 10.2. The van der Waals surface area contributed by atoms with Crippen molar-refractivity contribution in [2.45, 2.75) is 13.3 Å². The first kappa shape index (κ1) is 19.3. The molecule has 1 heterocycles. The molecule has 0 bridgehead atoms. The predicted molar refractivity (Wildman–Crippen MR) is 97.4 cm³/mol. The largest absolute Gasteiger partial charge is 0.462 e. The van der Waals surface area contributed by atoms with Gasteiger partial charge in [0, 0.05) is 32.0 Å². The zero-order valence-corrected chi connectivity index (χ0v) is 14.8. The molecule has 8 heteroatoms. The number of amides is 1. The van der Waals surface area contributed by atoms with Gasteiger partial charge >= 0.3 is 5.97 Å². The second kappa shape index (κ2) is 10.1. The Hall–Kier alpha value is -3.00. The van der Waals surface area contributed by atoms with Crippen LogP contribution in [0.2, 0.25) is 0 Å². The third-order valence-corrected chi connectivity index (χ3v) is 3.38. The molecule has 1 aromatic carbocycles. The molecule has 138 valence electrons. The lowest BCUT2D eigenvalue weighted by Crippen LogP contribution is -2.15. The minimum absolute atomic E-state index is 0.240. The van der Waals surface area contributed by atoms with E-state index < -0.39 is 5.97 Å². The Labute approximate surface area is 151 Å². The number of carbonyl (C=O) groups excluding carboxylic acids is 2. The van der Waals surface area contributed by atoms with Gasteiger partial charge in [-0.15, -0.1) is 0 Å². The number of ether oxygens (including phenoxy) is 2. The number of nitrogens with zero attached hydrogens (tertiary/aromatic N) is 2. The number of hydrogen-bond acceptors (Lipinski definition) is 7. The fourth-order valence-electron chi connectivity index (χ4n) is 2.11. The molecule has 0 saturated carbocycles. The van der Waals surface area contributed by atoms with Gasteiger partial charge in [-0.1, -0.05) is 0 Å². The van der Waals surface area contributed by atoms with E-state index in [-0.39, 0.29) is 11.6 Å². The number of nitrogens with one attached hydrogen (secondary N) is 2. The van der Waals surface area contributed by atoms with Crippen molar-refractivity contribution < 1.29 is 19.1 Å². The van der Waals surface area contributed by atoms with Gasteiger partial charge in [0.1, 0.15) is 17.8 Å². The van der Waals surface area contributed by atoms with Crippen LogP contribution in [0.4, 0.5) is 11.5 Å². The third kappa shape index (κ3) is 5.82. The van der Waals surface area contributed by atoms with Crippen molar-refractivity contribution in [2.24, 2.45) is 0 Å². The van der Waals surface area contributed by atoms with Crippen LogP contribution in [-0.2, 0) is 9.47 Å². The molecule has 0 saturated heterocycles. The van der Waals surface area contributed by atoms with Crippen molar-refractivity contribution in [3.8, 4) is 0 Å². The summed E-state index contributed by atoms with van der Waals surface area (Å²) < 4.78 is 9.90. The standard InChI is InChI=1S/C18H22N4O4/c1-3-26-18(24)13-5-7-14(8-6-13)22-17(23)15-11-16(21-12-20-15)19-9-4-10-25-2/h5-8,11-12H,3-4,9-10H2,1-2H3,(H,22,23)(H,19,20,21). The number of benzene rings is 1. The summed E-state index contributed by atoms with van der Waals surface area (Å²) in [5.74, 6) is -0.194. The summed E-state index contributed by atoms with van der Waals surface area (Å²) in [6.07, 6.45) is 2.16. The van der Waals surface area contributed by atoms with E-state index in [1.54, 1.807) is 44.4 Å². The maximum atomic E-state index is 12.3. The lowest BCUT2D eigenvalue weighted by Gasteiger charge is -2.08. The van der Waals surface area contributed by atoms with Gasteiger partial charge in [-0.2, -0.15) is 0 Å². The molecule has 0 aliphatic rings. The smallest absolute Gasteiger partial charge is 0.338 e. The molecule has 0 spiro atoms. The molecule has 8 nitrogen and oxygen atoms in total. The second-order valence-electron chi connectivity index (χ2n) is 5.31. The Morgan fingerprint density at radius 1 is 1.15 bits per heavy atom. The maximum absolute atomic E-state index is 12.3. The van der Waals surface area contributed by atoms with Gasteiger partial charge in [0.25, 0.3) is 5.91 Å². The first-order chi connectivity index (χ1) is 12.6. The monoisotopic (exact) mass is 358 g/mol. The highest BCUT2D eigenvalue weighted by Crippen LogP contribution is 2.12. The average Bonchev–Trinajstić information content (AvgIpc) is 2.66. The van der Waals surface area contributed by atoms with Crippen LogP contribution in [0.3, 0.4) is 0 Å². The summed E-state index contributed by atoms with van der Waals surface area (Å²) in [6.45, 7) is 3.39. The van der Waals surface area contributed by atoms with Gasteiger partial charge in [-0.05, 0) is 37.6 Å². The first-order valence-electron chi connectivity index (χ1n) is 8.27. The summed E-state index contributed by atoms with van der Waals surface area (Å²) in [5.41, 5.74) is 1.22. The molecule has 0 aliphatic carbocycles. The molecule has 1 aromatic heterocycles. The lowest BCUT2D eigenvalue weighted by molar-refractivity contribution is 0.0526. The number of hydrogen-bond donors (Lipinski definition) is 2. The molecule has 26 heavy (non-hydrogen) atoms. The first-order valence-corrected chi connectivity index (χ1v) is 8.27. The summed E-state index contributed by atoms with van der Waals surface area (Å²) in [7, 11) is 1.65. The van der Waals surface area contributed by atoms with Crippen LogP contribution in [0.25, 0.3) is 0 Å². The Kier molecular flexibility index (Phi) is 7.50. The number of rotatable bonds is 9. The Bertz CT molecular complexity index is 734. The quantitative estimate of drug-likeness (QED) is 0.524. The van der Waals surface area contributed by atoms with Gasteiger partial charge < -0.3 is 20.1 Å². The second-order valence-corrected chi connectivity index (χ2v) is 5.31. The van der Waals surface area contributed by atoms with Crippen LogP contribution < -0.4 is 10.6 Å². The predicted octanol–water partition coefficient (Wildman–Crippen LogP) is 2.35. The van der Waals surface area contributed by atoms with Crippen molar-refractivity contribution in [1.29, 1.82) is 0 Å². The van der Waals surface area contributed by atoms with E-state index in [1.165, 1.54) is 6.33 Å². The molecule has 2 rings (SSSR count). The van der Waals surface area contributed by atoms with Gasteiger partial charge in [0.15, 0.2) is 0 Å². The summed E-state index contributed by atoms with van der Waals surface area (Å²) in [5, 5.41) is 5.84. The van der Waals surface area contributed by atoms with Crippen molar-refractivity contribution >= 4 is 23.4 Å². The highest BCUT2D eigenvalue weighted by atomic mass is 16.5.